The van der Waals surface area contributed by atoms with Crippen molar-refractivity contribution in [1.82, 2.24) is 0 Å². The lowest BCUT2D eigenvalue weighted by atomic mass is 9.95. The average Bonchev–Trinajstić information content (AvgIpc) is 2.79. The molecule has 0 saturated heterocycles. The van der Waals surface area contributed by atoms with Crippen LogP contribution in [-0.4, -0.2) is 6.61 Å². The molecule has 0 aliphatic carbocycles. The van der Waals surface area contributed by atoms with Gasteiger partial charge >= 0.3 is 6.61 Å². The second-order valence-corrected chi connectivity index (χ2v) is 8.05. The number of benzene rings is 4. The smallest absolute Gasteiger partial charge is 0.387 e. The minimum Gasteiger partial charge on any atom is -0.429 e. The maximum absolute atomic E-state index is 15.3. The highest BCUT2D eigenvalue weighted by Gasteiger charge is 2.22. The highest BCUT2D eigenvalue weighted by molar-refractivity contribution is 5.89. The van der Waals surface area contributed by atoms with Gasteiger partial charge in [-0.3, -0.25) is 0 Å². The molecule has 0 unspecified atom stereocenters. The van der Waals surface area contributed by atoms with E-state index in [1.807, 2.05) is 6.07 Å². The third-order valence-electron chi connectivity index (χ3n) is 5.68. The Kier molecular flexibility index (Phi) is 7.00. The van der Waals surface area contributed by atoms with Crippen molar-refractivity contribution in [3.63, 3.8) is 0 Å². The SMILES string of the molecule is CCCCc1ccc2c(F)c(-c3cc(F)c(-c4cc(F)c(OC(F)F)c(F)c4)c(F)c3)ccc2c1. The van der Waals surface area contributed by atoms with Gasteiger partial charge in [0, 0.05) is 10.9 Å². The van der Waals surface area contributed by atoms with Gasteiger partial charge in [0.25, 0.3) is 0 Å². The zero-order valence-electron chi connectivity index (χ0n) is 18.4. The molecule has 0 fully saturated rings. The zero-order valence-corrected chi connectivity index (χ0v) is 18.4. The van der Waals surface area contributed by atoms with Gasteiger partial charge in [0.15, 0.2) is 17.4 Å². The Morgan fingerprint density at radius 2 is 1.37 bits per heavy atom. The van der Waals surface area contributed by atoms with Crippen molar-refractivity contribution in [3.05, 3.63) is 89.2 Å². The normalized spacial score (nSPS) is 11.5. The van der Waals surface area contributed by atoms with E-state index in [9.17, 15) is 26.3 Å². The van der Waals surface area contributed by atoms with Gasteiger partial charge in [-0.05, 0) is 59.2 Å². The first-order valence-electron chi connectivity index (χ1n) is 10.8. The summed E-state index contributed by atoms with van der Waals surface area (Å²) in [6.07, 6.45) is 2.86. The lowest BCUT2D eigenvalue weighted by Gasteiger charge is -2.13. The fraction of sp³-hybridized carbons (Fsp3) is 0.185. The van der Waals surface area contributed by atoms with Gasteiger partial charge in [-0.25, -0.2) is 22.0 Å². The molecule has 4 aromatic carbocycles. The molecular weight excluding hydrogens is 473 g/mol. The highest BCUT2D eigenvalue weighted by Crippen LogP contribution is 2.36. The quantitative estimate of drug-likeness (QED) is 0.234. The monoisotopic (exact) mass is 492 g/mol. The van der Waals surface area contributed by atoms with Crippen LogP contribution in [0, 0.1) is 29.1 Å². The number of aryl methyl sites for hydroxylation is 1. The predicted octanol–water partition coefficient (Wildman–Crippen LogP) is 8.81. The van der Waals surface area contributed by atoms with Crippen molar-refractivity contribution in [2.24, 2.45) is 0 Å². The van der Waals surface area contributed by atoms with E-state index in [0.29, 0.717) is 17.5 Å². The van der Waals surface area contributed by atoms with E-state index in [1.54, 1.807) is 18.2 Å². The van der Waals surface area contributed by atoms with Crippen LogP contribution in [0.1, 0.15) is 25.3 Å². The van der Waals surface area contributed by atoms with Gasteiger partial charge in [-0.15, -0.1) is 0 Å². The van der Waals surface area contributed by atoms with E-state index in [2.05, 4.69) is 11.7 Å². The van der Waals surface area contributed by atoms with Crippen LogP contribution in [0.5, 0.6) is 5.75 Å². The topological polar surface area (TPSA) is 9.23 Å². The standard InChI is InChI=1S/C27H19F7O/c1-2-3-4-14-5-7-18-15(9-14)6-8-19(25(18)32)16-10-20(28)24(21(29)11-16)17-12-22(30)26(23(31)13-17)35-27(33)34/h5-13,27H,2-4H2,1H3. The van der Waals surface area contributed by atoms with Gasteiger partial charge in [0.05, 0.1) is 5.56 Å². The Balaban J connectivity index is 1.74. The second-order valence-electron chi connectivity index (χ2n) is 8.05. The third-order valence-corrected chi connectivity index (χ3v) is 5.68. The van der Waals surface area contributed by atoms with E-state index in [-0.39, 0.29) is 16.5 Å². The largest absolute Gasteiger partial charge is 0.429 e. The Morgan fingerprint density at radius 3 is 1.97 bits per heavy atom. The Morgan fingerprint density at radius 1 is 0.743 bits per heavy atom. The van der Waals surface area contributed by atoms with Crippen molar-refractivity contribution in [3.8, 4) is 28.0 Å². The summed E-state index contributed by atoms with van der Waals surface area (Å²) in [6.45, 7) is -1.42. The molecule has 0 aliphatic heterocycles. The van der Waals surface area contributed by atoms with Gasteiger partial charge < -0.3 is 4.74 Å². The lowest BCUT2D eigenvalue weighted by Crippen LogP contribution is -2.06. The second kappa shape index (κ2) is 9.98. The predicted molar refractivity (Wildman–Crippen MR) is 120 cm³/mol. The molecule has 0 atom stereocenters. The van der Waals surface area contributed by atoms with Crippen LogP contribution >= 0.6 is 0 Å². The molecule has 182 valence electrons. The number of halogens is 7. The number of hydrogen-bond donors (Lipinski definition) is 0. The lowest BCUT2D eigenvalue weighted by molar-refractivity contribution is -0.0546. The average molecular weight is 492 g/mol. The zero-order chi connectivity index (χ0) is 25.3. The molecule has 0 aromatic heterocycles. The summed E-state index contributed by atoms with van der Waals surface area (Å²) in [6, 6.07) is 11.0. The van der Waals surface area contributed by atoms with Crippen LogP contribution in [0.25, 0.3) is 33.0 Å². The summed E-state index contributed by atoms with van der Waals surface area (Å²) in [4.78, 5) is 0. The first-order valence-corrected chi connectivity index (χ1v) is 10.8. The van der Waals surface area contributed by atoms with Crippen molar-refractivity contribution < 1.29 is 35.5 Å². The minimum atomic E-state index is -3.49. The molecule has 0 aliphatic rings. The van der Waals surface area contributed by atoms with E-state index in [0.717, 1.165) is 37.0 Å². The number of fused-ring (bicyclic) bond motifs is 1. The summed E-state index contributed by atoms with van der Waals surface area (Å²) in [5, 5.41) is 0.931. The fourth-order valence-corrected chi connectivity index (χ4v) is 4.01. The van der Waals surface area contributed by atoms with Crippen LogP contribution in [0.2, 0.25) is 0 Å². The molecule has 4 rings (SSSR count). The number of unbranched alkanes of at least 4 members (excludes halogenated alkanes) is 1. The Labute approximate surface area is 196 Å². The third kappa shape index (κ3) is 4.97. The first-order chi connectivity index (χ1) is 16.7. The molecule has 0 spiro atoms. The molecular formula is C27H19F7O. The number of alkyl halides is 2. The van der Waals surface area contributed by atoms with Gasteiger partial charge in [-0.2, -0.15) is 8.78 Å². The number of rotatable bonds is 7. The van der Waals surface area contributed by atoms with Crippen molar-refractivity contribution in [2.75, 3.05) is 0 Å². The van der Waals surface area contributed by atoms with Crippen LogP contribution in [0.4, 0.5) is 30.7 Å². The summed E-state index contributed by atoms with van der Waals surface area (Å²) in [7, 11) is 0. The first kappa shape index (κ1) is 24.6. The molecule has 0 N–H and O–H groups in total. The van der Waals surface area contributed by atoms with Gasteiger partial charge in [0.2, 0.25) is 0 Å². The molecule has 0 bridgehead atoms. The van der Waals surface area contributed by atoms with E-state index >= 15 is 4.39 Å². The summed E-state index contributed by atoms with van der Waals surface area (Å²) >= 11 is 0. The highest BCUT2D eigenvalue weighted by atomic mass is 19.3. The molecule has 0 amide bonds. The van der Waals surface area contributed by atoms with Crippen LogP contribution in [0.3, 0.4) is 0 Å². The van der Waals surface area contributed by atoms with Crippen molar-refractivity contribution in [2.45, 2.75) is 32.8 Å². The Bertz CT molecular complexity index is 1350. The molecule has 0 heterocycles. The summed E-state index contributed by atoms with van der Waals surface area (Å²) in [5.74, 6) is -7.56. The van der Waals surface area contributed by atoms with Gasteiger partial charge in [0.1, 0.15) is 17.5 Å². The van der Waals surface area contributed by atoms with Gasteiger partial charge in [-0.1, -0.05) is 43.7 Å². The van der Waals surface area contributed by atoms with Crippen LogP contribution in [0.15, 0.2) is 54.6 Å². The van der Waals surface area contributed by atoms with Crippen LogP contribution < -0.4 is 4.74 Å². The molecule has 1 nitrogen and oxygen atoms in total. The van der Waals surface area contributed by atoms with E-state index in [4.69, 9.17) is 0 Å². The maximum Gasteiger partial charge on any atom is 0.387 e. The number of ether oxygens (including phenoxy) is 1. The molecule has 0 radical (unpaired) electrons. The summed E-state index contributed by atoms with van der Waals surface area (Å²) < 4.78 is 102. The summed E-state index contributed by atoms with van der Waals surface area (Å²) in [5.41, 5.74) is -0.478. The number of hydrogen-bond acceptors (Lipinski definition) is 1. The maximum atomic E-state index is 15.3. The Hall–Kier alpha value is -3.55. The molecule has 8 heteroatoms. The van der Waals surface area contributed by atoms with Crippen molar-refractivity contribution in [1.29, 1.82) is 0 Å². The van der Waals surface area contributed by atoms with E-state index in [1.165, 1.54) is 6.07 Å². The van der Waals surface area contributed by atoms with E-state index < -0.39 is 52.6 Å². The molecule has 4 aromatic rings. The van der Waals surface area contributed by atoms with Crippen LogP contribution in [-0.2, 0) is 6.42 Å². The molecule has 35 heavy (non-hydrogen) atoms. The minimum absolute atomic E-state index is 0.0544. The fourth-order valence-electron chi connectivity index (χ4n) is 4.01. The van der Waals surface area contributed by atoms with Crippen molar-refractivity contribution >= 4 is 10.8 Å². The molecule has 0 saturated carbocycles.